The van der Waals surface area contributed by atoms with Gasteiger partial charge in [0.1, 0.15) is 12.4 Å². The molecule has 0 bridgehead atoms. The monoisotopic (exact) mass is 354 g/mol. The van der Waals surface area contributed by atoms with Crippen LogP contribution >= 0.6 is 0 Å². The minimum absolute atomic E-state index is 0.104. The third kappa shape index (κ3) is 6.47. The summed E-state index contributed by atoms with van der Waals surface area (Å²) in [6, 6.07) is 15.6. The van der Waals surface area contributed by atoms with Crippen molar-refractivity contribution in [3.63, 3.8) is 0 Å². The highest BCUT2D eigenvalue weighted by molar-refractivity contribution is 5.88. The molecule has 3 N–H and O–H groups in total. The Hall–Kier alpha value is -3.02. The Labute approximate surface area is 154 Å². The lowest BCUT2D eigenvalue weighted by molar-refractivity contribution is -0.114. The van der Waals surface area contributed by atoms with Crippen LogP contribution in [-0.2, 0) is 11.3 Å². The number of rotatable bonds is 7. The summed E-state index contributed by atoms with van der Waals surface area (Å²) < 4.78 is 5.71. The molecule has 2 aromatic rings. The van der Waals surface area contributed by atoms with E-state index in [2.05, 4.69) is 40.0 Å². The van der Waals surface area contributed by atoms with Crippen molar-refractivity contribution in [2.75, 3.05) is 25.5 Å². The topological polar surface area (TPSA) is 74.8 Å². The van der Waals surface area contributed by atoms with E-state index in [4.69, 9.17) is 4.74 Å². The maximum Gasteiger partial charge on any atom is 0.221 e. The van der Waals surface area contributed by atoms with Gasteiger partial charge < -0.3 is 20.7 Å². The van der Waals surface area contributed by atoms with Crippen LogP contribution < -0.4 is 20.7 Å². The van der Waals surface area contributed by atoms with Gasteiger partial charge in [-0.25, -0.2) is 0 Å². The third-order valence-electron chi connectivity index (χ3n) is 3.75. The Bertz CT molecular complexity index is 759. The predicted octanol–water partition coefficient (Wildman–Crippen LogP) is 2.70. The Morgan fingerprint density at radius 1 is 1.12 bits per heavy atom. The number of amides is 1. The van der Waals surface area contributed by atoms with Crippen molar-refractivity contribution >= 4 is 17.6 Å². The zero-order valence-corrected chi connectivity index (χ0v) is 15.5. The number of carbonyl (C=O) groups is 1. The Kier molecular flexibility index (Phi) is 7.49. The summed E-state index contributed by atoms with van der Waals surface area (Å²) >= 11 is 0. The van der Waals surface area contributed by atoms with Gasteiger partial charge in [-0.15, -0.1) is 0 Å². The van der Waals surface area contributed by atoms with E-state index in [0.29, 0.717) is 25.4 Å². The first-order valence-electron chi connectivity index (χ1n) is 8.58. The van der Waals surface area contributed by atoms with Gasteiger partial charge in [-0.1, -0.05) is 30.3 Å². The second-order valence-corrected chi connectivity index (χ2v) is 5.84. The minimum atomic E-state index is -0.104. The van der Waals surface area contributed by atoms with Gasteiger partial charge in [0, 0.05) is 32.3 Å². The SMILES string of the molecule is CN=C(NCCOc1cccc(NC(C)=O)c1)NCc1ccccc1C. The van der Waals surface area contributed by atoms with Crippen molar-refractivity contribution in [1.29, 1.82) is 0 Å². The fourth-order valence-electron chi connectivity index (χ4n) is 2.41. The third-order valence-corrected chi connectivity index (χ3v) is 3.75. The molecule has 0 aromatic heterocycles. The summed E-state index contributed by atoms with van der Waals surface area (Å²) in [6.45, 7) is 5.38. The molecule has 0 heterocycles. The highest BCUT2D eigenvalue weighted by Crippen LogP contribution is 2.17. The fourth-order valence-corrected chi connectivity index (χ4v) is 2.41. The van der Waals surface area contributed by atoms with Crippen LogP contribution in [0, 0.1) is 6.92 Å². The first-order valence-corrected chi connectivity index (χ1v) is 8.58. The summed E-state index contributed by atoms with van der Waals surface area (Å²) in [4.78, 5) is 15.3. The second-order valence-electron chi connectivity index (χ2n) is 5.84. The second kappa shape index (κ2) is 10.1. The van der Waals surface area contributed by atoms with E-state index < -0.39 is 0 Å². The number of guanidine groups is 1. The minimum Gasteiger partial charge on any atom is -0.492 e. The van der Waals surface area contributed by atoms with Crippen LogP contribution in [0.3, 0.4) is 0 Å². The van der Waals surface area contributed by atoms with Gasteiger partial charge in [0.15, 0.2) is 5.96 Å². The van der Waals surface area contributed by atoms with Gasteiger partial charge in [-0.2, -0.15) is 0 Å². The lowest BCUT2D eigenvalue weighted by Crippen LogP contribution is -2.39. The molecule has 0 radical (unpaired) electrons. The molecular formula is C20H26N4O2. The molecule has 6 heteroatoms. The molecule has 0 unspecified atom stereocenters. The van der Waals surface area contributed by atoms with Crippen LogP contribution in [0.2, 0.25) is 0 Å². The molecule has 138 valence electrons. The molecule has 1 amide bonds. The predicted molar refractivity (Wildman–Crippen MR) is 106 cm³/mol. The molecule has 0 saturated carbocycles. The molecular weight excluding hydrogens is 328 g/mol. The molecule has 0 atom stereocenters. The highest BCUT2D eigenvalue weighted by atomic mass is 16.5. The van der Waals surface area contributed by atoms with Gasteiger partial charge in [-0.3, -0.25) is 9.79 Å². The van der Waals surface area contributed by atoms with Crippen molar-refractivity contribution in [2.45, 2.75) is 20.4 Å². The zero-order valence-electron chi connectivity index (χ0n) is 15.5. The van der Waals surface area contributed by atoms with E-state index in [-0.39, 0.29) is 5.91 Å². The summed E-state index contributed by atoms with van der Waals surface area (Å²) in [5, 5.41) is 9.25. The molecule has 2 rings (SSSR count). The van der Waals surface area contributed by atoms with Gasteiger partial charge in [-0.05, 0) is 30.2 Å². The van der Waals surface area contributed by atoms with Crippen LogP contribution in [0.25, 0.3) is 0 Å². The molecule has 0 aliphatic carbocycles. The molecule has 0 spiro atoms. The average Bonchev–Trinajstić information content (AvgIpc) is 2.62. The number of anilines is 1. The highest BCUT2D eigenvalue weighted by Gasteiger charge is 2.02. The van der Waals surface area contributed by atoms with Gasteiger partial charge in [0.25, 0.3) is 0 Å². The fraction of sp³-hybridized carbons (Fsp3) is 0.300. The number of hydrogen-bond donors (Lipinski definition) is 3. The number of aliphatic imine (C=N–C) groups is 1. The zero-order chi connectivity index (χ0) is 18.8. The quantitative estimate of drug-likeness (QED) is 0.406. The first-order chi connectivity index (χ1) is 12.6. The van der Waals surface area contributed by atoms with Gasteiger partial charge in [0.2, 0.25) is 5.91 Å². The van der Waals surface area contributed by atoms with Crippen molar-refractivity contribution in [3.8, 4) is 5.75 Å². The van der Waals surface area contributed by atoms with E-state index in [9.17, 15) is 4.79 Å². The maximum absolute atomic E-state index is 11.1. The van der Waals surface area contributed by atoms with Crippen LogP contribution in [0.1, 0.15) is 18.1 Å². The molecule has 0 fully saturated rings. The van der Waals surface area contributed by atoms with Crippen molar-refractivity contribution < 1.29 is 9.53 Å². The van der Waals surface area contributed by atoms with Crippen molar-refractivity contribution in [1.82, 2.24) is 10.6 Å². The van der Waals surface area contributed by atoms with Crippen LogP contribution in [-0.4, -0.2) is 32.1 Å². The Balaban J connectivity index is 1.74. The summed E-state index contributed by atoms with van der Waals surface area (Å²) in [5.74, 6) is 1.33. The largest absolute Gasteiger partial charge is 0.492 e. The number of nitrogens with zero attached hydrogens (tertiary/aromatic N) is 1. The number of carbonyl (C=O) groups excluding carboxylic acids is 1. The van der Waals surface area contributed by atoms with E-state index >= 15 is 0 Å². The van der Waals surface area contributed by atoms with Crippen LogP contribution in [0.15, 0.2) is 53.5 Å². The normalized spacial score (nSPS) is 11.0. The lowest BCUT2D eigenvalue weighted by atomic mass is 10.1. The van der Waals surface area contributed by atoms with Crippen molar-refractivity contribution in [3.05, 3.63) is 59.7 Å². The van der Waals surface area contributed by atoms with Crippen molar-refractivity contribution in [2.24, 2.45) is 4.99 Å². The molecule has 26 heavy (non-hydrogen) atoms. The molecule has 0 aliphatic rings. The Morgan fingerprint density at radius 2 is 1.92 bits per heavy atom. The van der Waals surface area contributed by atoms with E-state index in [1.807, 2.05) is 30.3 Å². The smallest absolute Gasteiger partial charge is 0.221 e. The summed E-state index contributed by atoms with van der Waals surface area (Å²) in [7, 11) is 1.74. The standard InChI is InChI=1S/C20H26N4O2/c1-15-7-4-5-8-17(15)14-23-20(21-3)22-11-12-26-19-10-6-9-18(13-19)24-16(2)25/h4-10,13H,11-12,14H2,1-3H3,(H,24,25)(H2,21,22,23). The average molecular weight is 354 g/mol. The molecule has 0 aliphatic heterocycles. The number of benzene rings is 2. The van der Waals surface area contributed by atoms with E-state index in [0.717, 1.165) is 11.6 Å². The molecule has 2 aromatic carbocycles. The number of hydrogen-bond acceptors (Lipinski definition) is 3. The Morgan fingerprint density at radius 3 is 2.65 bits per heavy atom. The number of aryl methyl sites for hydroxylation is 1. The number of nitrogens with one attached hydrogen (secondary N) is 3. The van der Waals surface area contributed by atoms with E-state index in [1.54, 1.807) is 13.1 Å². The summed E-state index contributed by atoms with van der Waals surface area (Å²) in [5.41, 5.74) is 3.21. The van der Waals surface area contributed by atoms with Crippen LogP contribution in [0.4, 0.5) is 5.69 Å². The van der Waals surface area contributed by atoms with Gasteiger partial charge >= 0.3 is 0 Å². The maximum atomic E-state index is 11.1. The number of ether oxygens (including phenoxy) is 1. The molecule has 6 nitrogen and oxygen atoms in total. The van der Waals surface area contributed by atoms with Crippen LogP contribution in [0.5, 0.6) is 5.75 Å². The van der Waals surface area contributed by atoms with Gasteiger partial charge in [0.05, 0.1) is 6.54 Å². The van der Waals surface area contributed by atoms with E-state index in [1.165, 1.54) is 18.1 Å². The first kappa shape index (κ1) is 19.3. The summed E-state index contributed by atoms with van der Waals surface area (Å²) in [6.07, 6.45) is 0. The lowest BCUT2D eigenvalue weighted by Gasteiger charge is -2.14. The molecule has 0 saturated heterocycles.